The highest BCUT2D eigenvalue weighted by molar-refractivity contribution is 7.93. The predicted molar refractivity (Wildman–Crippen MR) is 357 cm³/mol. The number of pyridine rings is 2. The maximum Gasteiger partial charge on any atom is 0.290 e. The first-order valence-electron chi connectivity index (χ1n) is 30.9. The minimum Gasteiger partial charge on any atom is -0.378 e. The fourth-order valence-corrected chi connectivity index (χ4v) is 12.7. The number of carbonyl (C=O) groups is 5. The van der Waals surface area contributed by atoms with Gasteiger partial charge in [-0.05, 0) is 162 Å². The second-order valence-electron chi connectivity index (χ2n) is 21.8. The Bertz CT molecular complexity index is 3650. The van der Waals surface area contributed by atoms with Crippen LogP contribution in [0.2, 0.25) is 0 Å². The number of amides is 5. The normalized spacial score (nSPS) is 11.5. The molecule has 6 aromatic rings. The van der Waals surface area contributed by atoms with Crippen molar-refractivity contribution >= 4 is 84.7 Å². The van der Waals surface area contributed by atoms with Crippen molar-refractivity contribution < 1.29 is 64.3 Å². The van der Waals surface area contributed by atoms with Crippen LogP contribution in [0.15, 0.2) is 132 Å². The Morgan fingerprint density at radius 1 is 0.516 bits per heavy atom. The summed E-state index contributed by atoms with van der Waals surface area (Å²) in [4.78, 5) is 75.4. The number of carbonyl (C=O) groups excluding carboxylic acids is 5. The third-order valence-corrected chi connectivity index (χ3v) is 18.3. The molecule has 26 nitrogen and oxygen atoms in total. The summed E-state index contributed by atoms with van der Waals surface area (Å²) in [5.41, 5.74) is 15.7. The molecular weight excluding hydrogens is 1230 g/mol. The zero-order valence-electron chi connectivity index (χ0n) is 54.3. The Hall–Kier alpha value is -8.61. The molecule has 6 rings (SSSR count). The molecule has 0 saturated heterocycles. The van der Waals surface area contributed by atoms with Crippen LogP contribution in [0.1, 0.15) is 72.3 Å². The number of benzene rings is 4. The molecule has 0 spiro atoms. The van der Waals surface area contributed by atoms with Crippen LogP contribution >= 0.6 is 0 Å². The predicted octanol–water partition coefficient (Wildman–Crippen LogP) is 5.50. The fraction of sp³-hybridized carbons (Fsp3) is 0.400. The molecule has 0 radical (unpaired) electrons. The van der Waals surface area contributed by atoms with Crippen molar-refractivity contribution in [3.05, 3.63) is 155 Å². The maximum absolute atomic E-state index is 14.3. The molecule has 0 aliphatic heterocycles. The first kappa shape index (κ1) is 73.4. The van der Waals surface area contributed by atoms with Crippen LogP contribution in [0, 0.1) is 27.7 Å². The second-order valence-corrected chi connectivity index (χ2v) is 25.1. The number of rotatable bonds is 42. The van der Waals surface area contributed by atoms with Crippen molar-refractivity contribution in [1.82, 2.24) is 30.6 Å². The van der Waals surface area contributed by atoms with Gasteiger partial charge in [0.25, 0.3) is 37.8 Å². The zero-order chi connectivity index (χ0) is 67.3. The first-order valence-corrected chi connectivity index (χ1v) is 33.9. The Morgan fingerprint density at radius 2 is 0.978 bits per heavy atom. The van der Waals surface area contributed by atoms with Crippen LogP contribution in [-0.4, -0.2) is 159 Å². The number of anilines is 6. The largest absolute Gasteiger partial charge is 0.378 e. The minimum atomic E-state index is -4.08. The van der Waals surface area contributed by atoms with Gasteiger partial charge < -0.3 is 34.8 Å². The highest BCUT2D eigenvalue weighted by Crippen LogP contribution is 2.30. The Balaban J connectivity index is 0.992. The van der Waals surface area contributed by atoms with E-state index in [0.717, 1.165) is 51.3 Å². The smallest absolute Gasteiger partial charge is 0.290 e. The Morgan fingerprint density at radius 3 is 1.47 bits per heavy atom. The molecule has 93 heavy (non-hydrogen) atoms. The summed E-state index contributed by atoms with van der Waals surface area (Å²) in [5, 5.41) is 7.70. The van der Waals surface area contributed by atoms with E-state index in [1.807, 2.05) is 23.4 Å². The van der Waals surface area contributed by atoms with Crippen LogP contribution in [0.3, 0.4) is 0 Å². The molecule has 0 aliphatic carbocycles. The van der Waals surface area contributed by atoms with Gasteiger partial charge in [0.15, 0.2) is 24.8 Å². The lowest BCUT2D eigenvalue weighted by Gasteiger charge is -2.25. The van der Waals surface area contributed by atoms with Crippen LogP contribution < -0.4 is 50.9 Å². The van der Waals surface area contributed by atoms with Crippen molar-refractivity contribution in [3.63, 3.8) is 0 Å². The summed E-state index contributed by atoms with van der Waals surface area (Å²) in [5.74, 6) is -1.00. The van der Waals surface area contributed by atoms with E-state index in [0.29, 0.717) is 114 Å². The van der Waals surface area contributed by atoms with Gasteiger partial charge in [-0.15, -0.1) is 0 Å². The van der Waals surface area contributed by atoms with Crippen LogP contribution in [0.25, 0.3) is 0 Å². The number of nitrogens with zero attached hydrogens (tertiary/aromatic N) is 6. The number of hydrazine groups is 2. The number of aromatic nitrogens is 2. The first-order chi connectivity index (χ1) is 44.7. The molecule has 0 aliphatic rings. The SMILES string of the molecule is CCN(CC)CCCN(CCOCCOCCN(CCN(CC)CC)OCc1ccc[n+](CC(=O)Nc2c(C)ccc(S(=O)(=O)Nc3ccc(NNC=O)cc3)c2C)c1)C(=O)c1ccc[n+](CC(=O)Nc2c(C)ccc(S(=O)(=O)Nc3ccc(NNC=O)cc3)c2C)c1. The molecule has 0 fully saturated rings. The number of hydroxylamine groups is 2. The molecule has 2 aromatic heterocycles. The van der Waals surface area contributed by atoms with Gasteiger partial charge in [0, 0.05) is 73.2 Å². The Kier molecular flexibility index (Phi) is 29.4. The minimum absolute atomic E-state index is 0.00522. The summed E-state index contributed by atoms with van der Waals surface area (Å²) in [6.07, 6.45) is 8.62. The van der Waals surface area contributed by atoms with E-state index in [4.69, 9.17) is 14.3 Å². The van der Waals surface area contributed by atoms with E-state index in [2.05, 4.69) is 79.3 Å². The van der Waals surface area contributed by atoms with Crippen molar-refractivity contribution in [3.8, 4) is 0 Å². The third kappa shape index (κ3) is 23.2. The molecule has 0 bridgehead atoms. The monoisotopic (exact) mass is 1320 g/mol. The summed E-state index contributed by atoms with van der Waals surface area (Å²) >= 11 is 0. The lowest BCUT2D eigenvalue weighted by molar-refractivity contribution is -0.684. The van der Waals surface area contributed by atoms with E-state index < -0.39 is 26.0 Å². The number of hydrogen-bond donors (Lipinski definition) is 8. The lowest BCUT2D eigenvalue weighted by atomic mass is 10.1. The summed E-state index contributed by atoms with van der Waals surface area (Å²) in [7, 11) is -8.14. The van der Waals surface area contributed by atoms with E-state index in [-0.39, 0.29) is 54.5 Å². The second kappa shape index (κ2) is 37.2. The molecule has 2 heterocycles. The van der Waals surface area contributed by atoms with Crippen molar-refractivity contribution in [2.75, 3.05) is 123 Å². The molecule has 0 saturated carbocycles. The number of sulfonamides is 2. The number of ether oxygens (including phenoxy) is 2. The van der Waals surface area contributed by atoms with Crippen molar-refractivity contribution in [1.29, 1.82) is 0 Å². The number of likely N-dealkylation sites (N-methyl/N-ethyl adjacent to an activating group) is 1. The van der Waals surface area contributed by atoms with Gasteiger partial charge in [0.05, 0.1) is 54.2 Å². The molecule has 0 atom stereocenters. The number of hydrogen-bond acceptors (Lipinski definition) is 17. The summed E-state index contributed by atoms with van der Waals surface area (Å²) in [6, 6.07) is 26.0. The maximum atomic E-state index is 14.3. The quantitative estimate of drug-likeness (QED) is 0.0102. The molecule has 8 N–H and O–H groups in total. The van der Waals surface area contributed by atoms with Crippen LogP contribution in [0.5, 0.6) is 0 Å². The standard InChI is InChI=1S/C65H88N14O12S2/c1-9-74(10-2)32-15-33-78(65(84)54-17-14-31-77(43-54)45-62(83)69-64-50(6)19-29-60(52(64)8)93(87,88)73-58-26-22-56(23-27-58)71-67-48-81)36-38-89-40-41-90-39-37-79(35-34-75(11-3)12-4)91-46-53-16-13-30-76(42-53)44-61(82)68-63-49(5)18-28-59(51(63)7)92(85,86)72-57-24-20-55(21-25-57)70-66-47-80/h13-14,16-31,42-43,47-48,70-73H,9-12,15,32-41,44-46H2,1-8H3,(H2-2,66,67,68,69,80,81,82,83)/p+2. The van der Waals surface area contributed by atoms with Gasteiger partial charge in [-0.2, -0.15) is 14.2 Å². The summed E-state index contributed by atoms with van der Waals surface area (Å²) in [6.45, 7) is 23.4. The average Bonchev–Trinajstić information content (AvgIpc) is 0.812. The van der Waals surface area contributed by atoms with E-state index in [1.54, 1.807) is 133 Å². The third-order valence-electron chi connectivity index (χ3n) is 15.3. The molecule has 502 valence electrons. The topological polar surface area (TPSA) is 298 Å². The van der Waals surface area contributed by atoms with Gasteiger partial charge in [0.1, 0.15) is 5.56 Å². The van der Waals surface area contributed by atoms with Gasteiger partial charge in [-0.3, -0.25) is 60.0 Å². The highest BCUT2D eigenvalue weighted by atomic mass is 32.2. The fourth-order valence-electron chi connectivity index (χ4n) is 10.1. The van der Waals surface area contributed by atoms with Gasteiger partial charge in [-0.25, -0.2) is 16.8 Å². The number of aryl methyl sites for hydroxylation is 2. The molecule has 5 amide bonds. The zero-order valence-corrected chi connectivity index (χ0v) is 56.0. The lowest BCUT2D eigenvalue weighted by Crippen LogP contribution is -2.42. The molecule has 4 aromatic carbocycles. The Labute approximate surface area is 546 Å². The molecule has 0 unspecified atom stereocenters. The van der Waals surface area contributed by atoms with Gasteiger partial charge >= 0.3 is 0 Å². The van der Waals surface area contributed by atoms with Crippen molar-refractivity contribution in [2.24, 2.45) is 0 Å². The van der Waals surface area contributed by atoms with E-state index in [9.17, 15) is 40.8 Å². The van der Waals surface area contributed by atoms with Crippen LogP contribution in [-0.2, 0) is 73.2 Å². The van der Waals surface area contributed by atoms with Gasteiger partial charge in [-0.1, -0.05) is 39.8 Å². The van der Waals surface area contributed by atoms with E-state index >= 15 is 0 Å². The molecule has 28 heteroatoms. The van der Waals surface area contributed by atoms with E-state index in [1.165, 1.54) is 12.1 Å². The average molecular weight is 1320 g/mol. The van der Waals surface area contributed by atoms with Crippen molar-refractivity contribution in [2.45, 2.75) is 91.3 Å². The van der Waals surface area contributed by atoms with Crippen LogP contribution in [0.4, 0.5) is 34.1 Å². The molecular formula is C65H90N14O12S2+2. The highest BCUT2D eigenvalue weighted by Gasteiger charge is 2.26. The summed E-state index contributed by atoms with van der Waals surface area (Å²) < 4.78 is 74.9. The van der Waals surface area contributed by atoms with Gasteiger partial charge in [0.2, 0.25) is 25.9 Å². The number of nitrogens with one attached hydrogen (secondary N) is 8.